The molecule has 1 aliphatic heterocycles. The monoisotopic (exact) mass is 493 g/mol. The molecular formula is C26H27N3O3S2. The van der Waals surface area contributed by atoms with Gasteiger partial charge in [0.25, 0.3) is 5.91 Å². The second kappa shape index (κ2) is 10.2. The number of nitrogens with zero attached hydrogens (tertiary/aromatic N) is 2. The van der Waals surface area contributed by atoms with Gasteiger partial charge >= 0.3 is 0 Å². The van der Waals surface area contributed by atoms with Crippen molar-refractivity contribution in [2.24, 2.45) is 5.92 Å². The van der Waals surface area contributed by atoms with Crippen LogP contribution in [0.25, 0.3) is 17.0 Å². The van der Waals surface area contributed by atoms with E-state index in [1.807, 2.05) is 47.2 Å². The van der Waals surface area contributed by atoms with Crippen LogP contribution in [0.5, 0.6) is 0 Å². The highest BCUT2D eigenvalue weighted by Gasteiger charge is 2.32. The number of carbonyl (C=O) groups excluding carboxylic acids is 2. The van der Waals surface area contributed by atoms with Crippen LogP contribution in [0.15, 0.2) is 58.2 Å². The summed E-state index contributed by atoms with van der Waals surface area (Å²) in [5.41, 5.74) is 1.85. The maximum atomic E-state index is 13.1. The van der Waals surface area contributed by atoms with Gasteiger partial charge in [-0.1, -0.05) is 67.9 Å². The highest BCUT2D eigenvalue weighted by Crippen LogP contribution is 2.36. The molecule has 5 rings (SSSR count). The molecule has 1 N–H and O–H groups in total. The number of furan rings is 1. The minimum Gasteiger partial charge on any atom is -0.467 e. The predicted octanol–water partition coefficient (Wildman–Crippen LogP) is 5.33. The first-order valence-corrected chi connectivity index (χ1v) is 12.9. The molecule has 2 aromatic heterocycles. The van der Waals surface area contributed by atoms with Crippen molar-refractivity contribution in [1.82, 2.24) is 14.8 Å². The summed E-state index contributed by atoms with van der Waals surface area (Å²) in [6.45, 7) is 1.23. The van der Waals surface area contributed by atoms with E-state index in [9.17, 15) is 9.59 Å². The van der Waals surface area contributed by atoms with E-state index in [0.29, 0.717) is 34.0 Å². The fourth-order valence-corrected chi connectivity index (χ4v) is 6.07. The Hall–Kier alpha value is -2.84. The number of carbonyl (C=O) groups is 2. The third kappa shape index (κ3) is 4.98. The van der Waals surface area contributed by atoms with E-state index in [1.54, 1.807) is 17.2 Å². The molecule has 1 aromatic carbocycles. The number of aromatic nitrogens is 1. The van der Waals surface area contributed by atoms with Crippen molar-refractivity contribution in [3.63, 3.8) is 0 Å². The first-order chi connectivity index (χ1) is 16.6. The largest absolute Gasteiger partial charge is 0.467 e. The zero-order valence-electron chi connectivity index (χ0n) is 18.9. The topological polar surface area (TPSA) is 67.5 Å². The number of hydrogen-bond acceptors (Lipinski definition) is 5. The Morgan fingerprint density at radius 1 is 1.21 bits per heavy atom. The highest BCUT2D eigenvalue weighted by molar-refractivity contribution is 8.26. The van der Waals surface area contributed by atoms with Gasteiger partial charge < -0.3 is 14.3 Å². The van der Waals surface area contributed by atoms with Crippen LogP contribution < -0.4 is 5.32 Å². The van der Waals surface area contributed by atoms with Gasteiger partial charge in [0.1, 0.15) is 16.6 Å². The first-order valence-electron chi connectivity index (χ1n) is 11.7. The Balaban J connectivity index is 1.31. The van der Waals surface area contributed by atoms with Crippen LogP contribution in [0.3, 0.4) is 0 Å². The molecule has 2 fully saturated rings. The van der Waals surface area contributed by atoms with Crippen molar-refractivity contribution in [2.75, 3.05) is 6.54 Å². The van der Waals surface area contributed by atoms with Crippen LogP contribution in [0.4, 0.5) is 0 Å². The lowest BCUT2D eigenvalue weighted by atomic mass is 10.0. The minimum absolute atomic E-state index is 0.0129. The molecule has 2 aliphatic rings. The molecule has 1 saturated heterocycles. The number of thiocarbonyl (C=S) groups is 1. The smallest absolute Gasteiger partial charge is 0.266 e. The zero-order valence-corrected chi connectivity index (χ0v) is 20.5. The van der Waals surface area contributed by atoms with Crippen molar-refractivity contribution in [2.45, 2.75) is 45.2 Å². The van der Waals surface area contributed by atoms with Gasteiger partial charge in [0.2, 0.25) is 5.91 Å². The van der Waals surface area contributed by atoms with Crippen LogP contribution in [0.1, 0.15) is 43.4 Å². The lowest BCUT2D eigenvalue weighted by molar-refractivity contribution is -0.122. The number of hydrogen-bond donors (Lipinski definition) is 1. The fraction of sp³-hybridized carbons (Fsp3) is 0.346. The van der Waals surface area contributed by atoms with E-state index in [2.05, 4.69) is 5.32 Å². The summed E-state index contributed by atoms with van der Waals surface area (Å²) in [5.74, 6) is 1.30. The van der Waals surface area contributed by atoms with Gasteiger partial charge in [-0.2, -0.15) is 0 Å². The van der Waals surface area contributed by atoms with Crippen molar-refractivity contribution < 1.29 is 14.0 Å². The Morgan fingerprint density at radius 3 is 2.82 bits per heavy atom. The SMILES string of the molecule is O=C(Cn1cc(/C=C2\SC(=S)N(CCC3CCCC3)C2=O)c2ccccc21)NCc1ccco1. The molecule has 2 amide bonds. The number of amides is 2. The van der Waals surface area contributed by atoms with Gasteiger partial charge in [-0.25, -0.2) is 0 Å². The molecule has 6 nitrogen and oxygen atoms in total. The average molecular weight is 494 g/mol. The summed E-state index contributed by atoms with van der Waals surface area (Å²) in [7, 11) is 0. The number of rotatable bonds is 8. The van der Waals surface area contributed by atoms with Crippen molar-refractivity contribution in [3.8, 4) is 0 Å². The zero-order chi connectivity index (χ0) is 23.5. The molecule has 1 saturated carbocycles. The van der Waals surface area contributed by atoms with Crippen molar-refractivity contribution in [3.05, 3.63) is 65.1 Å². The molecule has 0 bridgehead atoms. The lowest BCUT2D eigenvalue weighted by Crippen LogP contribution is -2.30. The second-order valence-electron chi connectivity index (χ2n) is 8.86. The van der Waals surface area contributed by atoms with E-state index in [1.165, 1.54) is 37.4 Å². The minimum atomic E-state index is -0.109. The Bertz CT molecular complexity index is 1240. The maximum absolute atomic E-state index is 13.1. The molecule has 3 heterocycles. The summed E-state index contributed by atoms with van der Waals surface area (Å²) in [5, 5.41) is 3.88. The number of thioether (sulfide) groups is 1. The van der Waals surface area contributed by atoms with E-state index in [0.717, 1.165) is 22.9 Å². The summed E-state index contributed by atoms with van der Waals surface area (Å²) in [6, 6.07) is 11.5. The first kappa shape index (κ1) is 22.9. The van der Waals surface area contributed by atoms with Gasteiger partial charge in [-0.15, -0.1) is 0 Å². The van der Waals surface area contributed by atoms with Crippen LogP contribution in [-0.2, 0) is 22.7 Å². The van der Waals surface area contributed by atoms with Crippen LogP contribution >= 0.6 is 24.0 Å². The third-order valence-electron chi connectivity index (χ3n) is 6.57. The van der Waals surface area contributed by atoms with Gasteiger partial charge in [0, 0.05) is 29.2 Å². The standard InChI is InChI=1S/C26H27N3O3S2/c30-24(27-15-20-8-5-13-32-20)17-28-16-19(21-9-3-4-10-22(21)28)14-23-25(31)29(26(33)34-23)12-11-18-6-1-2-7-18/h3-5,8-10,13-14,16,18H,1-2,6-7,11-12,15,17H2,(H,27,30)/b23-14-. The van der Waals surface area contributed by atoms with Crippen LogP contribution in [0, 0.1) is 5.92 Å². The lowest BCUT2D eigenvalue weighted by Gasteiger charge is -2.17. The van der Waals surface area contributed by atoms with E-state index < -0.39 is 0 Å². The van der Waals surface area contributed by atoms with Crippen LogP contribution in [-0.4, -0.2) is 32.1 Å². The molecule has 34 heavy (non-hydrogen) atoms. The highest BCUT2D eigenvalue weighted by atomic mass is 32.2. The summed E-state index contributed by atoms with van der Waals surface area (Å²) in [4.78, 5) is 28.1. The Labute approximate surface area is 208 Å². The number of benzene rings is 1. The molecule has 0 spiro atoms. The number of para-hydroxylation sites is 1. The summed E-state index contributed by atoms with van der Waals surface area (Å²) < 4.78 is 7.83. The Morgan fingerprint density at radius 2 is 2.03 bits per heavy atom. The fourth-order valence-electron chi connectivity index (χ4n) is 4.78. The van der Waals surface area contributed by atoms with Gasteiger partial charge in [0.05, 0.1) is 17.7 Å². The molecular weight excluding hydrogens is 466 g/mol. The van der Waals surface area contributed by atoms with Gasteiger partial charge in [-0.05, 0) is 36.6 Å². The van der Waals surface area contributed by atoms with E-state index >= 15 is 0 Å². The number of fused-ring (bicyclic) bond motifs is 1. The normalized spacial score (nSPS) is 18.0. The van der Waals surface area contributed by atoms with Crippen LogP contribution in [0.2, 0.25) is 0 Å². The van der Waals surface area contributed by atoms with Crippen molar-refractivity contribution in [1.29, 1.82) is 0 Å². The Kier molecular flexibility index (Phi) is 6.87. The summed E-state index contributed by atoms with van der Waals surface area (Å²) in [6.07, 6.45) is 11.6. The molecule has 3 aromatic rings. The van der Waals surface area contributed by atoms with Gasteiger partial charge in [0.15, 0.2) is 0 Å². The van der Waals surface area contributed by atoms with E-state index in [-0.39, 0.29) is 18.4 Å². The molecule has 0 atom stereocenters. The third-order valence-corrected chi connectivity index (χ3v) is 7.95. The quantitative estimate of drug-likeness (QED) is 0.339. The predicted molar refractivity (Wildman–Crippen MR) is 139 cm³/mol. The number of nitrogens with one attached hydrogen (secondary N) is 1. The molecule has 0 radical (unpaired) electrons. The molecule has 0 unspecified atom stereocenters. The molecule has 176 valence electrons. The maximum Gasteiger partial charge on any atom is 0.266 e. The molecule has 8 heteroatoms. The molecule has 1 aliphatic carbocycles. The summed E-state index contributed by atoms with van der Waals surface area (Å²) >= 11 is 6.90. The van der Waals surface area contributed by atoms with Gasteiger partial charge in [-0.3, -0.25) is 14.5 Å². The second-order valence-corrected chi connectivity index (χ2v) is 10.5. The van der Waals surface area contributed by atoms with Crippen molar-refractivity contribution >= 4 is 57.1 Å². The average Bonchev–Trinajstić information content (AvgIpc) is 3.63. The van der Waals surface area contributed by atoms with E-state index in [4.69, 9.17) is 16.6 Å².